The van der Waals surface area contributed by atoms with E-state index in [0.717, 1.165) is 19.3 Å². The van der Waals surface area contributed by atoms with Gasteiger partial charge in [-0.1, -0.05) is 46.0 Å². The summed E-state index contributed by atoms with van der Waals surface area (Å²) in [7, 11) is 0. The van der Waals surface area contributed by atoms with Crippen molar-refractivity contribution in [3.05, 3.63) is 0 Å². The first-order valence-electron chi connectivity index (χ1n) is 5.33. The number of unbranched alkanes of at least 4 members (excludes halogenated alkanes) is 5. The molecule has 13 heavy (non-hydrogen) atoms. The Morgan fingerprint density at radius 3 is 2.00 bits per heavy atom. The van der Waals surface area contributed by atoms with Gasteiger partial charge in [0.25, 0.3) is 0 Å². The number of rotatable bonds is 8. The minimum atomic E-state index is 0. The van der Waals surface area contributed by atoms with Crippen LogP contribution in [-0.2, 0) is 4.79 Å². The van der Waals surface area contributed by atoms with Crippen molar-refractivity contribution in [1.82, 2.24) is 0 Å². The Bertz CT molecular complexity index is 113. The molecule has 0 unspecified atom stereocenters. The number of hydrogen-bond acceptors (Lipinski definition) is 1. The fourth-order valence-electron chi connectivity index (χ4n) is 1.28. The van der Waals surface area contributed by atoms with Crippen LogP contribution >= 0.6 is 12.4 Å². The quantitative estimate of drug-likeness (QED) is 0.546. The monoisotopic (exact) mass is 206 g/mol. The third kappa shape index (κ3) is 12.0. The number of Topliss-reactive ketones (excluding diaryl/α,β-unsaturated/α-hetero) is 1. The summed E-state index contributed by atoms with van der Waals surface area (Å²) in [5.74, 6) is 0.422. The summed E-state index contributed by atoms with van der Waals surface area (Å²) < 4.78 is 0. The molecule has 0 aliphatic rings. The second-order valence-electron chi connectivity index (χ2n) is 3.41. The molecule has 0 amide bonds. The van der Waals surface area contributed by atoms with Crippen molar-refractivity contribution in [2.24, 2.45) is 0 Å². The van der Waals surface area contributed by atoms with E-state index < -0.39 is 0 Å². The molecule has 0 aromatic rings. The zero-order chi connectivity index (χ0) is 9.23. The van der Waals surface area contributed by atoms with Crippen LogP contribution in [0.4, 0.5) is 0 Å². The molecule has 0 radical (unpaired) electrons. The molecule has 0 aromatic heterocycles. The summed E-state index contributed by atoms with van der Waals surface area (Å²) in [6, 6.07) is 0. The van der Waals surface area contributed by atoms with Gasteiger partial charge in [-0.15, -0.1) is 12.4 Å². The van der Waals surface area contributed by atoms with Gasteiger partial charge in [0.05, 0.1) is 0 Å². The van der Waals surface area contributed by atoms with E-state index in [2.05, 4.69) is 6.92 Å². The Hall–Kier alpha value is -0.0400. The maximum absolute atomic E-state index is 10.9. The smallest absolute Gasteiger partial charge is 0.132 e. The van der Waals surface area contributed by atoms with Gasteiger partial charge in [0, 0.05) is 12.8 Å². The van der Waals surface area contributed by atoms with Crippen LogP contribution in [0.3, 0.4) is 0 Å². The maximum Gasteiger partial charge on any atom is 0.132 e. The number of halogens is 1. The molecule has 0 heterocycles. The van der Waals surface area contributed by atoms with Crippen molar-refractivity contribution in [2.45, 2.75) is 65.2 Å². The first kappa shape index (κ1) is 15.4. The zero-order valence-corrected chi connectivity index (χ0v) is 9.79. The second-order valence-corrected chi connectivity index (χ2v) is 3.41. The molecule has 80 valence electrons. The van der Waals surface area contributed by atoms with Crippen molar-refractivity contribution in [3.8, 4) is 0 Å². The third-order valence-corrected chi connectivity index (χ3v) is 2.20. The van der Waals surface area contributed by atoms with Crippen LogP contribution < -0.4 is 0 Å². The van der Waals surface area contributed by atoms with E-state index in [1.54, 1.807) is 0 Å². The van der Waals surface area contributed by atoms with Crippen LogP contribution in [0.5, 0.6) is 0 Å². The fourth-order valence-corrected chi connectivity index (χ4v) is 1.28. The van der Waals surface area contributed by atoms with E-state index in [0.29, 0.717) is 5.78 Å². The summed E-state index contributed by atoms with van der Waals surface area (Å²) in [6.45, 7) is 4.17. The van der Waals surface area contributed by atoms with Gasteiger partial charge in [0.2, 0.25) is 0 Å². The number of hydrogen-bond donors (Lipinski definition) is 0. The van der Waals surface area contributed by atoms with E-state index >= 15 is 0 Å². The molecule has 0 spiro atoms. The molecule has 0 bridgehead atoms. The Morgan fingerprint density at radius 2 is 1.46 bits per heavy atom. The second kappa shape index (κ2) is 12.0. The van der Waals surface area contributed by atoms with Crippen molar-refractivity contribution in [2.75, 3.05) is 0 Å². The topological polar surface area (TPSA) is 17.1 Å². The lowest BCUT2D eigenvalue weighted by atomic mass is 10.1. The van der Waals surface area contributed by atoms with Crippen LogP contribution in [0.2, 0.25) is 0 Å². The summed E-state index contributed by atoms with van der Waals surface area (Å²) in [5.41, 5.74) is 0. The Kier molecular flexibility index (Phi) is 14.2. The van der Waals surface area contributed by atoms with E-state index in [9.17, 15) is 4.79 Å². The summed E-state index contributed by atoms with van der Waals surface area (Å²) in [4.78, 5) is 10.9. The largest absolute Gasteiger partial charge is 0.300 e. The molecule has 0 fully saturated rings. The highest BCUT2D eigenvalue weighted by Crippen LogP contribution is 2.07. The molecule has 0 aromatic carbocycles. The SMILES string of the molecule is CCCCCCCCC(=O)CC.Cl. The van der Waals surface area contributed by atoms with Gasteiger partial charge in [0.15, 0.2) is 0 Å². The normalized spacial score (nSPS) is 9.38. The van der Waals surface area contributed by atoms with Crippen molar-refractivity contribution < 1.29 is 4.79 Å². The third-order valence-electron chi connectivity index (χ3n) is 2.20. The van der Waals surface area contributed by atoms with Crippen molar-refractivity contribution >= 4 is 18.2 Å². The van der Waals surface area contributed by atoms with Crippen LogP contribution in [0.1, 0.15) is 65.2 Å². The lowest BCUT2D eigenvalue weighted by Crippen LogP contribution is -1.93. The van der Waals surface area contributed by atoms with E-state index in [4.69, 9.17) is 0 Å². The summed E-state index contributed by atoms with van der Waals surface area (Å²) in [5, 5.41) is 0. The standard InChI is InChI=1S/C11H22O.ClH/c1-3-5-6-7-8-9-10-11(12)4-2;/h3-10H2,1-2H3;1H. The lowest BCUT2D eigenvalue weighted by Gasteiger charge is -1.98. The molecular weight excluding hydrogens is 184 g/mol. The minimum absolute atomic E-state index is 0. The molecule has 0 rings (SSSR count). The van der Waals surface area contributed by atoms with E-state index in [1.807, 2.05) is 6.92 Å². The van der Waals surface area contributed by atoms with Crippen LogP contribution in [0.15, 0.2) is 0 Å². The maximum atomic E-state index is 10.9. The number of carbonyl (C=O) groups excluding carboxylic acids is 1. The number of carbonyl (C=O) groups is 1. The zero-order valence-electron chi connectivity index (χ0n) is 8.97. The molecule has 0 N–H and O–H groups in total. The van der Waals surface area contributed by atoms with Gasteiger partial charge in [-0.3, -0.25) is 4.79 Å². The van der Waals surface area contributed by atoms with Gasteiger partial charge in [0.1, 0.15) is 5.78 Å². The molecule has 0 atom stereocenters. The Labute approximate surface area is 88.7 Å². The molecular formula is C11H23ClO. The highest BCUT2D eigenvalue weighted by Gasteiger charge is 1.96. The predicted molar refractivity (Wildman–Crippen MR) is 60.5 cm³/mol. The molecule has 2 heteroatoms. The lowest BCUT2D eigenvalue weighted by molar-refractivity contribution is -0.118. The van der Waals surface area contributed by atoms with E-state index in [1.165, 1.54) is 32.1 Å². The van der Waals surface area contributed by atoms with Gasteiger partial charge in [-0.25, -0.2) is 0 Å². The highest BCUT2D eigenvalue weighted by molar-refractivity contribution is 5.85. The van der Waals surface area contributed by atoms with Gasteiger partial charge in [-0.05, 0) is 6.42 Å². The molecule has 0 aliphatic heterocycles. The fraction of sp³-hybridized carbons (Fsp3) is 0.909. The minimum Gasteiger partial charge on any atom is -0.300 e. The molecule has 0 aliphatic carbocycles. The van der Waals surface area contributed by atoms with Gasteiger partial charge in [-0.2, -0.15) is 0 Å². The summed E-state index contributed by atoms with van der Waals surface area (Å²) >= 11 is 0. The molecule has 1 nitrogen and oxygen atoms in total. The number of ketones is 1. The highest BCUT2D eigenvalue weighted by atomic mass is 35.5. The van der Waals surface area contributed by atoms with Crippen LogP contribution in [0.25, 0.3) is 0 Å². The average molecular weight is 207 g/mol. The van der Waals surface area contributed by atoms with E-state index in [-0.39, 0.29) is 12.4 Å². The average Bonchev–Trinajstić information content (AvgIpc) is 2.10. The predicted octanol–water partition coefficient (Wildman–Crippen LogP) is 4.14. The Morgan fingerprint density at radius 1 is 0.923 bits per heavy atom. The van der Waals surface area contributed by atoms with Gasteiger partial charge < -0.3 is 0 Å². The Balaban J connectivity index is 0. The van der Waals surface area contributed by atoms with Gasteiger partial charge >= 0.3 is 0 Å². The first-order chi connectivity index (χ1) is 5.81. The van der Waals surface area contributed by atoms with Crippen molar-refractivity contribution in [1.29, 1.82) is 0 Å². The van der Waals surface area contributed by atoms with Crippen LogP contribution in [-0.4, -0.2) is 5.78 Å². The molecule has 0 saturated heterocycles. The first-order valence-corrected chi connectivity index (χ1v) is 5.33. The van der Waals surface area contributed by atoms with Crippen molar-refractivity contribution in [3.63, 3.8) is 0 Å². The summed E-state index contributed by atoms with van der Waals surface area (Å²) in [6.07, 6.45) is 9.18. The van der Waals surface area contributed by atoms with Crippen LogP contribution in [0, 0.1) is 0 Å². The molecule has 0 saturated carbocycles.